The number of rotatable bonds is 8. The number of carbonyl (C=O) groups is 2. The van der Waals surface area contributed by atoms with Crippen LogP contribution in [0.4, 0.5) is 21.8 Å². The fraction of sp³-hybridized carbons (Fsp3) is 0.0800. The molecule has 3 aromatic rings. The number of hydrogen-bond donors (Lipinski definition) is 4. The molecule has 5 N–H and O–H groups in total. The highest BCUT2D eigenvalue weighted by Gasteiger charge is 2.10. The van der Waals surface area contributed by atoms with E-state index in [0.717, 1.165) is 17.9 Å². The van der Waals surface area contributed by atoms with E-state index in [1.165, 1.54) is 31.2 Å². The molecular formula is C25H24ClFN6O3. The highest BCUT2D eigenvalue weighted by molar-refractivity contribution is 6.31. The Balaban J connectivity index is 0.00000145. The molecule has 0 fully saturated rings. The number of carboxylic acid groups (broad SMARTS) is 1. The summed E-state index contributed by atoms with van der Waals surface area (Å²) < 4.78 is 13.4. The minimum atomic E-state index is -1.04. The Kier molecular flexibility index (Phi) is 10.7. The molecule has 0 saturated carbocycles. The van der Waals surface area contributed by atoms with Gasteiger partial charge in [0.2, 0.25) is 5.95 Å². The van der Waals surface area contributed by atoms with Crippen molar-refractivity contribution < 1.29 is 19.1 Å². The summed E-state index contributed by atoms with van der Waals surface area (Å²) in [5.74, 6) is -0.560. The van der Waals surface area contributed by atoms with Gasteiger partial charge in [-0.05, 0) is 54.5 Å². The number of nitrogens with two attached hydrogens (primary N) is 1. The number of nitrogens with zero attached hydrogens (tertiary/aromatic N) is 3. The maximum absolute atomic E-state index is 13.4. The molecule has 0 aliphatic rings. The van der Waals surface area contributed by atoms with Crippen LogP contribution >= 0.6 is 11.6 Å². The first-order valence-corrected chi connectivity index (χ1v) is 10.8. The van der Waals surface area contributed by atoms with Crippen LogP contribution in [0.5, 0.6) is 0 Å². The average molecular weight is 511 g/mol. The van der Waals surface area contributed by atoms with E-state index < -0.39 is 11.8 Å². The molecule has 0 spiro atoms. The van der Waals surface area contributed by atoms with Crippen LogP contribution in [0.15, 0.2) is 72.0 Å². The van der Waals surface area contributed by atoms with Gasteiger partial charge in [-0.1, -0.05) is 29.8 Å². The van der Waals surface area contributed by atoms with Crippen LogP contribution in [-0.4, -0.2) is 40.2 Å². The van der Waals surface area contributed by atoms with Crippen molar-refractivity contribution in [1.29, 1.82) is 0 Å². The maximum Gasteiger partial charge on any atom is 0.328 e. The van der Waals surface area contributed by atoms with Gasteiger partial charge in [0.15, 0.2) is 0 Å². The number of aliphatic imine (C=N–C) groups is 1. The zero-order chi connectivity index (χ0) is 26.5. The van der Waals surface area contributed by atoms with E-state index in [-0.39, 0.29) is 11.0 Å². The topological polar surface area (TPSA) is 143 Å². The molecule has 1 heterocycles. The summed E-state index contributed by atoms with van der Waals surface area (Å²) >= 11 is 5.85. The van der Waals surface area contributed by atoms with E-state index >= 15 is 0 Å². The largest absolute Gasteiger partial charge is 0.478 e. The van der Waals surface area contributed by atoms with Gasteiger partial charge < -0.3 is 26.3 Å². The summed E-state index contributed by atoms with van der Waals surface area (Å²) in [7, 11) is 1.57. The smallest absolute Gasteiger partial charge is 0.328 e. The van der Waals surface area contributed by atoms with E-state index in [1.54, 1.807) is 37.7 Å². The maximum atomic E-state index is 13.4. The fourth-order valence-corrected chi connectivity index (χ4v) is 2.90. The molecule has 3 rings (SSSR count). The van der Waals surface area contributed by atoms with Crippen LogP contribution < -0.4 is 16.4 Å². The summed E-state index contributed by atoms with van der Waals surface area (Å²) in [4.78, 5) is 32.3. The first kappa shape index (κ1) is 27.7. The van der Waals surface area contributed by atoms with E-state index in [4.69, 9.17) is 27.2 Å². The number of aromatic nitrogens is 2. The van der Waals surface area contributed by atoms with Crippen molar-refractivity contribution in [3.63, 3.8) is 0 Å². The monoisotopic (exact) mass is 510 g/mol. The molecule has 0 atom stereocenters. The minimum absolute atomic E-state index is 0.0292. The van der Waals surface area contributed by atoms with Gasteiger partial charge >= 0.3 is 5.97 Å². The number of benzene rings is 2. The van der Waals surface area contributed by atoms with E-state index in [0.29, 0.717) is 28.5 Å². The number of hydrogen-bond acceptors (Lipinski definition) is 7. The fourth-order valence-electron chi connectivity index (χ4n) is 2.72. The Bertz CT molecular complexity index is 1310. The minimum Gasteiger partial charge on any atom is -0.478 e. The summed E-state index contributed by atoms with van der Waals surface area (Å²) in [6.45, 7) is 1.44. The SMILES string of the molecule is CC=O.CN=C(N)/C=C\Nc1nc(Nc2ccc(F)c(Cl)c2)ncc1-c1cccc(/C=C/C(=O)O)c1. The molecule has 0 aliphatic heterocycles. The molecule has 2 aromatic carbocycles. The molecule has 0 bridgehead atoms. The number of carbonyl (C=O) groups excluding carboxylic acids is 1. The summed E-state index contributed by atoms with van der Waals surface area (Å²) in [5, 5.41) is 14.9. The van der Waals surface area contributed by atoms with Gasteiger partial charge in [-0.2, -0.15) is 4.98 Å². The average Bonchev–Trinajstić information content (AvgIpc) is 2.86. The lowest BCUT2D eigenvalue weighted by Gasteiger charge is -2.12. The first-order valence-electron chi connectivity index (χ1n) is 10.4. The van der Waals surface area contributed by atoms with Crippen LogP contribution in [0.3, 0.4) is 0 Å². The van der Waals surface area contributed by atoms with Crippen LogP contribution in [0.2, 0.25) is 5.02 Å². The highest BCUT2D eigenvalue weighted by Crippen LogP contribution is 2.29. The lowest BCUT2D eigenvalue weighted by atomic mass is 10.0. The zero-order valence-corrected chi connectivity index (χ0v) is 20.2. The predicted molar refractivity (Wildman–Crippen MR) is 141 cm³/mol. The van der Waals surface area contributed by atoms with E-state index in [1.807, 2.05) is 12.1 Å². The number of halogens is 2. The number of anilines is 3. The Morgan fingerprint density at radius 2 is 1.97 bits per heavy atom. The Morgan fingerprint density at radius 3 is 2.64 bits per heavy atom. The van der Waals surface area contributed by atoms with E-state index in [9.17, 15) is 9.18 Å². The normalized spacial score (nSPS) is 11.2. The van der Waals surface area contributed by atoms with Gasteiger partial charge in [-0.25, -0.2) is 14.2 Å². The highest BCUT2D eigenvalue weighted by atomic mass is 35.5. The molecule has 36 heavy (non-hydrogen) atoms. The predicted octanol–water partition coefficient (Wildman–Crippen LogP) is 4.90. The Labute approximate surface area is 212 Å². The van der Waals surface area contributed by atoms with Crippen molar-refractivity contribution in [2.45, 2.75) is 6.92 Å². The number of aldehydes is 1. The molecule has 11 heteroatoms. The second-order valence-corrected chi connectivity index (χ2v) is 7.28. The van der Waals surface area contributed by atoms with Crippen LogP contribution in [0.1, 0.15) is 12.5 Å². The van der Waals surface area contributed by atoms with Crippen LogP contribution in [0.25, 0.3) is 17.2 Å². The summed E-state index contributed by atoms with van der Waals surface area (Å²) in [6, 6.07) is 11.4. The molecule has 0 saturated heterocycles. The lowest BCUT2D eigenvalue weighted by Crippen LogP contribution is -2.08. The van der Waals surface area contributed by atoms with Crippen molar-refractivity contribution >= 4 is 53.2 Å². The van der Waals surface area contributed by atoms with Gasteiger partial charge in [-0.3, -0.25) is 4.99 Å². The summed E-state index contributed by atoms with van der Waals surface area (Å²) in [6.07, 6.45) is 8.07. The summed E-state index contributed by atoms with van der Waals surface area (Å²) in [5.41, 5.74) is 8.32. The molecule has 0 radical (unpaired) electrons. The zero-order valence-electron chi connectivity index (χ0n) is 19.4. The van der Waals surface area contributed by atoms with Gasteiger partial charge in [0.1, 0.15) is 23.8 Å². The standard InChI is InChI=1S/C23H20ClFN6O2.C2H4O/c1-27-20(26)9-10-28-22-17(15-4-2-3-14(11-15)5-8-21(32)33)13-29-23(31-22)30-16-6-7-19(25)18(24)12-16;1-2-3/h2-13H,1H3,(H2,26,27)(H,32,33)(H2,28,29,30,31);2H,1H3/b8-5+,10-9-;. The molecular weight excluding hydrogens is 487 g/mol. The third-order valence-corrected chi connectivity index (χ3v) is 4.60. The second-order valence-electron chi connectivity index (χ2n) is 6.87. The van der Waals surface area contributed by atoms with Crippen LogP contribution in [-0.2, 0) is 9.59 Å². The number of nitrogens with one attached hydrogen (secondary N) is 2. The molecule has 0 aliphatic carbocycles. The van der Waals surface area contributed by atoms with Crippen molar-refractivity contribution in [1.82, 2.24) is 9.97 Å². The number of amidine groups is 1. The molecule has 1 aromatic heterocycles. The van der Waals surface area contributed by atoms with E-state index in [2.05, 4.69) is 25.6 Å². The molecule has 9 nitrogen and oxygen atoms in total. The van der Waals surface area contributed by atoms with Gasteiger partial charge in [0, 0.05) is 36.8 Å². The molecule has 186 valence electrons. The van der Waals surface area contributed by atoms with Gasteiger partial charge in [0.05, 0.1) is 5.02 Å². The molecule has 0 unspecified atom stereocenters. The van der Waals surface area contributed by atoms with Gasteiger partial charge in [0.25, 0.3) is 0 Å². The molecule has 0 amide bonds. The Morgan fingerprint density at radius 1 is 1.22 bits per heavy atom. The second kappa shape index (κ2) is 14.0. The van der Waals surface area contributed by atoms with Crippen molar-refractivity contribution in [2.75, 3.05) is 17.7 Å². The quantitative estimate of drug-likeness (QED) is 0.145. The first-order chi connectivity index (χ1) is 17.3. The third-order valence-electron chi connectivity index (χ3n) is 4.31. The Hall–Kier alpha value is -4.57. The van der Waals surface area contributed by atoms with Gasteiger partial charge in [-0.15, -0.1) is 0 Å². The van der Waals surface area contributed by atoms with Crippen molar-refractivity contribution in [2.24, 2.45) is 10.7 Å². The van der Waals surface area contributed by atoms with Crippen LogP contribution in [0, 0.1) is 5.82 Å². The number of aliphatic carboxylic acids is 1. The third kappa shape index (κ3) is 8.65. The van der Waals surface area contributed by atoms with Crippen molar-refractivity contribution in [3.05, 3.63) is 83.4 Å². The van der Waals surface area contributed by atoms with Crippen molar-refractivity contribution in [3.8, 4) is 11.1 Å². The lowest BCUT2D eigenvalue weighted by molar-refractivity contribution is -0.131. The number of carboxylic acids is 1.